The number of hydrogen-bond donors (Lipinski definition) is 2. The zero-order valence-electron chi connectivity index (χ0n) is 14.3. The molecule has 23 heavy (non-hydrogen) atoms. The first-order valence-corrected chi connectivity index (χ1v) is 8.02. The molecule has 1 aromatic rings. The first kappa shape index (κ1) is 19.2. The molecule has 0 aliphatic heterocycles. The van der Waals surface area contributed by atoms with Gasteiger partial charge in [-0.25, -0.2) is 4.39 Å². The number of guanidine groups is 1. The van der Waals surface area contributed by atoms with Gasteiger partial charge in [0, 0.05) is 32.9 Å². The van der Waals surface area contributed by atoms with Gasteiger partial charge in [-0.1, -0.05) is 19.9 Å². The number of hydrogen-bond acceptors (Lipinski definition) is 3. The normalized spacial score (nSPS) is 11.6. The summed E-state index contributed by atoms with van der Waals surface area (Å²) in [5.41, 5.74) is 0. The van der Waals surface area contributed by atoms with Crippen LogP contribution in [0.3, 0.4) is 0 Å². The van der Waals surface area contributed by atoms with Crippen molar-refractivity contribution in [2.24, 2.45) is 10.9 Å². The van der Waals surface area contributed by atoms with Crippen molar-refractivity contribution < 1.29 is 13.9 Å². The van der Waals surface area contributed by atoms with Crippen LogP contribution in [0.4, 0.5) is 4.39 Å². The minimum Gasteiger partial charge on any atom is -0.492 e. The summed E-state index contributed by atoms with van der Waals surface area (Å²) in [6, 6.07) is 6.11. The van der Waals surface area contributed by atoms with Crippen molar-refractivity contribution in [2.75, 3.05) is 40.0 Å². The molecule has 6 heteroatoms. The van der Waals surface area contributed by atoms with Gasteiger partial charge in [0.2, 0.25) is 0 Å². The fourth-order valence-corrected chi connectivity index (χ4v) is 1.82. The second-order valence-electron chi connectivity index (χ2n) is 5.55. The van der Waals surface area contributed by atoms with Gasteiger partial charge in [0.15, 0.2) is 5.96 Å². The van der Waals surface area contributed by atoms with E-state index in [1.54, 1.807) is 19.2 Å². The van der Waals surface area contributed by atoms with E-state index in [1.807, 2.05) is 0 Å². The SMILES string of the molecule is CN=C(NCCCOCC(C)C)NCCOc1cccc(F)c1. The van der Waals surface area contributed by atoms with Crippen LogP contribution in [-0.4, -0.2) is 45.9 Å². The van der Waals surface area contributed by atoms with E-state index in [1.165, 1.54) is 12.1 Å². The molecule has 0 aliphatic carbocycles. The summed E-state index contributed by atoms with van der Waals surface area (Å²) in [7, 11) is 1.72. The summed E-state index contributed by atoms with van der Waals surface area (Å²) in [5.74, 6) is 1.51. The standard InChI is InChI=1S/C17H28FN3O2/c1-14(2)13-22-10-5-8-20-17(19-3)21-9-11-23-16-7-4-6-15(18)12-16/h4,6-7,12,14H,5,8-11,13H2,1-3H3,(H2,19,20,21). The second kappa shape index (κ2) is 11.7. The Morgan fingerprint density at radius 3 is 2.70 bits per heavy atom. The molecule has 5 nitrogen and oxygen atoms in total. The van der Waals surface area contributed by atoms with Crippen molar-refractivity contribution in [1.82, 2.24) is 10.6 Å². The molecule has 1 rings (SSSR count). The van der Waals surface area contributed by atoms with Crippen LogP contribution in [0.1, 0.15) is 20.3 Å². The first-order chi connectivity index (χ1) is 11.1. The predicted octanol–water partition coefficient (Wildman–Crippen LogP) is 2.43. The van der Waals surface area contributed by atoms with Gasteiger partial charge in [-0.05, 0) is 24.5 Å². The zero-order valence-corrected chi connectivity index (χ0v) is 14.3. The van der Waals surface area contributed by atoms with E-state index in [0.29, 0.717) is 24.8 Å². The average Bonchev–Trinajstić information content (AvgIpc) is 2.52. The Kier molecular flexibility index (Phi) is 9.79. The Labute approximate surface area is 138 Å². The molecule has 0 unspecified atom stereocenters. The Hall–Kier alpha value is -1.82. The maximum absolute atomic E-state index is 13.0. The summed E-state index contributed by atoms with van der Waals surface area (Å²) in [5, 5.41) is 6.35. The number of nitrogens with zero attached hydrogens (tertiary/aromatic N) is 1. The number of halogens is 1. The molecule has 0 heterocycles. The number of nitrogens with one attached hydrogen (secondary N) is 2. The van der Waals surface area contributed by atoms with Crippen LogP contribution in [-0.2, 0) is 4.74 Å². The van der Waals surface area contributed by atoms with Crippen LogP contribution >= 0.6 is 0 Å². The molecule has 0 aromatic heterocycles. The zero-order chi connectivity index (χ0) is 16.9. The lowest BCUT2D eigenvalue weighted by molar-refractivity contribution is 0.108. The maximum atomic E-state index is 13.0. The second-order valence-corrected chi connectivity index (χ2v) is 5.55. The summed E-state index contributed by atoms with van der Waals surface area (Å²) < 4.78 is 24.0. The molecule has 1 aromatic carbocycles. The highest BCUT2D eigenvalue weighted by Gasteiger charge is 1.99. The fourth-order valence-electron chi connectivity index (χ4n) is 1.82. The molecular formula is C17H28FN3O2. The smallest absolute Gasteiger partial charge is 0.191 e. The highest BCUT2D eigenvalue weighted by atomic mass is 19.1. The van der Waals surface area contributed by atoms with Gasteiger partial charge >= 0.3 is 0 Å². The third-order valence-electron chi connectivity index (χ3n) is 2.89. The van der Waals surface area contributed by atoms with E-state index < -0.39 is 0 Å². The summed E-state index contributed by atoms with van der Waals surface area (Å²) in [6.45, 7) is 7.62. The Morgan fingerprint density at radius 1 is 1.22 bits per heavy atom. The largest absolute Gasteiger partial charge is 0.492 e. The Morgan fingerprint density at radius 2 is 2.00 bits per heavy atom. The fraction of sp³-hybridized carbons (Fsp3) is 0.588. The highest BCUT2D eigenvalue weighted by molar-refractivity contribution is 5.79. The van der Waals surface area contributed by atoms with Crippen molar-refractivity contribution in [3.05, 3.63) is 30.1 Å². The van der Waals surface area contributed by atoms with Gasteiger partial charge in [0.25, 0.3) is 0 Å². The van der Waals surface area contributed by atoms with Crippen LogP contribution in [0, 0.1) is 11.7 Å². The van der Waals surface area contributed by atoms with Crippen LogP contribution in [0.5, 0.6) is 5.75 Å². The molecule has 0 fully saturated rings. The third kappa shape index (κ3) is 9.73. The lowest BCUT2D eigenvalue weighted by Crippen LogP contribution is -2.39. The number of ether oxygens (including phenoxy) is 2. The molecule has 130 valence electrons. The third-order valence-corrected chi connectivity index (χ3v) is 2.89. The summed E-state index contributed by atoms with van der Waals surface area (Å²) >= 11 is 0. The number of rotatable bonds is 10. The molecule has 0 atom stereocenters. The van der Waals surface area contributed by atoms with E-state index in [2.05, 4.69) is 29.5 Å². The average molecular weight is 325 g/mol. The predicted molar refractivity (Wildman–Crippen MR) is 91.5 cm³/mol. The summed E-state index contributed by atoms with van der Waals surface area (Å²) in [6.07, 6.45) is 0.924. The van der Waals surface area contributed by atoms with Gasteiger partial charge in [0.05, 0.1) is 6.54 Å². The van der Waals surface area contributed by atoms with E-state index in [0.717, 1.165) is 32.1 Å². The molecule has 0 radical (unpaired) electrons. The van der Waals surface area contributed by atoms with E-state index in [9.17, 15) is 4.39 Å². The van der Waals surface area contributed by atoms with Gasteiger partial charge in [-0.2, -0.15) is 0 Å². The van der Waals surface area contributed by atoms with Crippen LogP contribution in [0.25, 0.3) is 0 Å². The lowest BCUT2D eigenvalue weighted by atomic mass is 10.2. The van der Waals surface area contributed by atoms with Crippen molar-refractivity contribution >= 4 is 5.96 Å². The molecule has 0 amide bonds. The van der Waals surface area contributed by atoms with Gasteiger partial charge < -0.3 is 20.1 Å². The van der Waals surface area contributed by atoms with Crippen molar-refractivity contribution in [1.29, 1.82) is 0 Å². The topological polar surface area (TPSA) is 54.9 Å². The first-order valence-electron chi connectivity index (χ1n) is 8.02. The van der Waals surface area contributed by atoms with Gasteiger partial charge in [-0.3, -0.25) is 4.99 Å². The van der Waals surface area contributed by atoms with Crippen LogP contribution < -0.4 is 15.4 Å². The Bertz CT molecular complexity index is 467. The van der Waals surface area contributed by atoms with E-state index in [-0.39, 0.29) is 5.82 Å². The van der Waals surface area contributed by atoms with Gasteiger partial charge in [0.1, 0.15) is 18.2 Å². The van der Waals surface area contributed by atoms with E-state index in [4.69, 9.17) is 9.47 Å². The molecule has 0 spiro atoms. The quantitative estimate of drug-likeness (QED) is 0.394. The lowest BCUT2D eigenvalue weighted by Gasteiger charge is -2.13. The molecular weight excluding hydrogens is 297 g/mol. The monoisotopic (exact) mass is 325 g/mol. The number of aliphatic imine (C=N–C) groups is 1. The van der Waals surface area contributed by atoms with Crippen molar-refractivity contribution in [3.63, 3.8) is 0 Å². The minimum atomic E-state index is -0.298. The molecule has 0 saturated heterocycles. The van der Waals surface area contributed by atoms with Crippen LogP contribution in [0.15, 0.2) is 29.3 Å². The molecule has 2 N–H and O–H groups in total. The minimum absolute atomic E-state index is 0.298. The van der Waals surface area contributed by atoms with E-state index >= 15 is 0 Å². The highest BCUT2D eigenvalue weighted by Crippen LogP contribution is 2.11. The van der Waals surface area contributed by atoms with Crippen molar-refractivity contribution in [3.8, 4) is 5.75 Å². The number of benzene rings is 1. The maximum Gasteiger partial charge on any atom is 0.191 e. The Balaban J connectivity index is 2.07. The van der Waals surface area contributed by atoms with Crippen LogP contribution in [0.2, 0.25) is 0 Å². The molecule has 0 aliphatic rings. The van der Waals surface area contributed by atoms with Crippen molar-refractivity contribution in [2.45, 2.75) is 20.3 Å². The molecule has 0 saturated carbocycles. The van der Waals surface area contributed by atoms with Gasteiger partial charge in [-0.15, -0.1) is 0 Å². The summed E-state index contributed by atoms with van der Waals surface area (Å²) in [4.78, 5) is 4.13. The molecule has 0 bridgehead atoms.